The summed E-state index contributed by atoms with van der Waals surface area (Å²) in [5, 5.41) is 20.9. The zero-order chi connectivity index (χ0) is 11.0. The molecule has 0 aromatic heterocycles. The second kappa shape index (κ2) is 8.17. The Morgan fingerprint density at radius 2 is 1.86 bits per heavy atom. The van der Waals surface area contributed by atoms with E-state index in [2.05, 4.69) is 31.0 Å². The molecule has 0 radical (unpaired) electrons. The molecule has 4 nitrogen and oxygen atoms in total. The van der Waals surface area contributed by atoms with Crippen LogP contribution in [0.15, 0.2) is 0 Å². The topological polar surface area (TPSA) is 55.7 Å². The van der Waals surface area contributed by atoms with Crippen molar-refractivity contribution in [3.63, 3.8) is 0 Å². The van der Waals surface area contributed by atoms with E-state index in [0.717, 1.165) is 19.6 Å². The summed E-state index contributed by atoms with van der Waals surface area (Å²) in [6, 6.07) is 0.344. The predicted octanol–water partition coefficient (Wildman–Crippen LogP) is -0.340. The normalized spacial score (nSPS) is 15.9. The van der Waals surface area contributed by atoms with Crippen LogP contribution in [-0.4, -0.2) is 60.0 Å². The number of likely N-dealkylation sites (N-methyl/N-ethyl adjacent to an activating group) is 1. The predicted molar refractivity (Wildman–Crippen MR) is 58.3 cm³/mol. The molecule has 0 aromatic carbocycles. The molecule has 0 aromatic rings. The average molecular weight is 204 g/mol. The SMILES string of the molecule is CCN(CC)CC(C)NC[C@H](O)CO. The Hall–Kier alpha value is -0.160. The third-order valence-electron chi connectivity index (χ3n) is 2.34. The molecule has 0 heterocycles. The van der Waals surface area contributed by atoms with Gasteiger partial charge in [-0.3, -0.25) is 0 Å². The molecule has 0 bridgehead atoms. The van der Waals surface area contributed by atoms with Crippen molar-refractivity contribution >= 4 is 0 Å². The third-order valence-corrected chi connectivity index (χ3v) is 2.34. The molecule has 0 fully saturated rings. The lowest BCUT2D eigenvalue weighted by atomic mass is 10.2. The van der Waals surface area contributed by atoms with Crippen molar-refractivity contribution in [1.29, 1.82) is 0 Å². The number of rotatable bonds is 8. The quantitative estimate of drug-likeness (QED) is 0.506. The zero-order valence-corrected chi connectivity index (χ0v) is 9.53. The Labute approximate surface area is 86.9 Å². The second-order valence-electron chi connectivity index (χ2n) is 3.63. The van der Waals surface area contributed by atoms with Gasteiger partial charge in [-0.05, 0) is 20.0 Å². The number of hydrogen-bond donors (Lipinski definition) is 3. The van der Waals surface area contributed by atoms with Gasteiger partial charge < -0.3 is 20.4 Å². The van der Waals surface area contributed by atoms with Crippen molar-refractivity contribution in [2.24, 2.45) is 0 Å². The molecule has 0 aliphatic heterocycles. The molecule has 4 heteroatoms. The zero-order valence-electron chi connectivity index (χ0n) is 9.53. The molecule has 1 unspecified atom stereocenters. The number of nitrogens with zero attached hydrogens (tertiary/aromatic N) is 1. The van der Waals surface area contributed by atoms with Crippen LogP contribution in [0.1, 0.15) is 20.8 Å². The van der Waals surface area contributed by atoms with E-state index in [9.17, 15) is 0 Å². The van der Waals surface area contributed by atoms with Gasteiger partial charge in [0.2, 0.25) is 0 Å². The molecule has 3 N–H and O–H groups in total. The van der Waals surface area contributed by atoms with Crippen molar-refractivity contribution < 1.29 is 10.2 Å². The van der Waals surface area contributed by atoms with Gasteiger partial charge in [0.1, 0.15) is 0 Å². The molecule has 0 amide bonds. The summed E-state index contributed by atoms with van der Waals surface area (Å²) < 4.78 is 0. The summed E-state index contributed by atoms with van der Waals surface area (Å²) in [7, 11) is 0. The van der Waals surface area contributed by atoms with Crippen LogP contribution < -0.4 is 5.32 Å². The fourth-order valence-electron chi connectivity index (χ4n) is 1.34. The molecule has 86 valence electrons. The number of nitrogens with one attached hydrogen (secondary N) is 1. The van der Waals surface area contributed by atoms with Crippen LogP contribution in [0.5, 0.6) is 0 Å². The van der Waals surface area contributed by atoms with Gasteiger partial charge in [0.15, 0.2) is 0 Å². The van der Waals surface area contributed by atoms with Gasteiger partial charge in [0, 0.05) is 19.1 Å². The van der Waals surface area contributed by atoms with E-state index in [-0.39, 0.29) is 6.61 Å². The lowest BCUT2D eigenvalue weighted by molar-refractivity contribution is 0.0908. The van der Waals surface area contributed by atoms with E-state index in [1.807, 2.05) is 0 Å². The first kappa shape index (κ1) is 13.8. The average Bonchev–Trinajstić information content (AvgIpc) is 2.22. The second-order valence-corrected chi connectivity index (χ2v) is 3.63. The Morgan fingerprint density at radius 1 is 1.29 bits per heavy atom. The van der Waals surface area contributed by atoms with E-state index in [1.165, 1.54) is 0 Å². The molecular formula is C10H24N2O2. The van der Waals surface area contributed by atoms with E-state index >= 15 is 0 Å². The van der Waals surface area contributed by atoms with E-state index in [0.29, 0.717) is 12.6 Å². The molecule has 2 atom stereocenters. The lowest BCUT2D eigenvalue weighted by Crippen LogP contribution is -2.42. The minimum Gasteiger partial charge on any atom is -0.394 e. The first-order chi connectivity index (χ1) is 6.63. The minimum absolute atomic E-state index is 0.176. The largest absolute Gasteiger partial charge is 0.394 e. The first-order valence-corrected chi connectivity index (χ1v) is 5.38. The van der Waals surface area contributed by atoms with Crippen LogP contribution in [0.4, 0.5) is 0 Å². The van der Waals surface area contributed by atoms with Gasteiger partial charge in [-0.2, -0.15) is 0 Å². The van der Waals surface area contributed by atoms with E-state index in [1.54, 1.807) is 0 Å². The first-order valence-electron chi connectivity index (χ1n) is 5.38. The Bertz CT molecular complexity index is 129. The summed E-state index contributed by atoms with van der Waals surface area (Å²) in [6.07, 6.45) is -0.644. The van der Waals surface area contributed by atoms with E-state index in [4.69, 9.17) is 10.2 Å². The molecule has 0 rings (SSSR count). The van der Waals surface area contributed by atoms with Crippen LogP contribution in [0, 0.1) is 0 Å². The van der Waals surface area contributed by atoms with Gasteiger partial charge in [-0.15, -0.1) is 0 Å². The monoisotopic (exact) mass is 204 g/mol. The highest BCUT2D eigenvalue weighted by atomic mass is 16.3. The van der Waals surface area contributed by atoms with Gasteiger partial charge in [0.25, 0.3) is 0 Å². The van der Waals surface area contributed by atoms with Crippen molar-refractivity contribution in [3.05, 3.63) is 0 Å². The standard InChI is InChI=1S/C10H24N2O2/c1-4-12(5-2)7-9(3)11-6-10(14)8-13/h9-11,13-14H,4-8H2,1-3H3/t9?,10-/m0/s1. The fourth-order valence-corrected chi connectivity index (χ4v) is 1.34. The molecule has 0 saturated carbocycles. The van der Waals surface area contributed by atoms with Crippen molar-refractivity contribution in [1.82, 2.24) is 10.2 Å². The highest BCUT2D eigenvalue weighted by molar-refractivity contribution is 4.68. The maximum Gasteiger partial charge on any atom is 0.0895 e. The molecule has 14 heavy (non-hydrogen) atoms. The van der Waals surface area contributed by atoms with Crippen LogP contribution in [0.3, 0.4) is 0 Å². The molecule has 0 saturated heterocycles. The summed E-state index contributed by atoms with van der Waals surface area (Å²) in [4.78, 5) is 2.32. The van der Waals surface area contributed by atoms with Gasteiger partial charge >= 0.3 is 0 Å². The highest BCUT2D eigenvalue weighted by Gasteiger charge is 2.08. The van der Waals surface area contributed by atoms with Crippen LogP contribution in [0.2, 0.25) is 0 Å². The summed E-state index contributed by atoms with van der Waals surface area (Å²) >= 11 is 0. The minimum atomic E-state index is -0.644. The number of aliphatic hydroxyl groups is 2. The summed E-state index contributed by atoms with van der Waals surface area (Å²) in [5.74, 6) is 0. The van der Waals surface area contributed by atoms with Gasteiger partial charge in [0.05, 0.1) is 12.7 Å². The number of hydrogen-bond acceptors (Lipinski definition) is 4. The molecule has 0 aliphatic rings. The molecular weight excluding hydrogens is 180 g/mol. The third kappa shape index (κ3) is 6.32. The van der Waals surface area contributed by atoms with Crippen molar-refractivity contribution in [2.75, 3.05) is 32.8 Å². The van der Waals surface area contributed by atoms with Gasteiger partial charge in [-0.25, -0.2) is 0 Å². The van der Waals surface area contributed by atoms with Crippen molar-refractivity contribution in [2.45, 2.75) is 32.9 Å². The summed E-state index contributed by atoms with van der Waals surface area (Å²) in [5.41, 5.74) is 0. The van der Waals surface area contributed by atoms with Crippen molar-refractivity contribution in [3.8, 4) is 0 Å². The Balaban J connectivity index is 3.58. The highest BCUT2D eigenvalue weighted by Crippen LogP contribution is 1.91. The van der Waals surface area contributed by atoms with Gasteiger partial charge in [-0.1, -0.05) is 13.8 Å². The fraction of sp³-hybridized carbons (Fsp3) is 1.00. The Morgan fingerprint density at radius 3 is 2.29 bits per heavy atom. The lowest BCUT2D eigenvalue weighted by Gasteiger charge is -2.24. The van der Waals surface area contributed by atoms with Crippen LogP contribution in [0.25, 0.3) is 0 Å². The number of aliphatic hydroxyl groups excluding tert-OH is 2. The van der Waals surface area contributed by atoms with E-state index < -0.39 is 6.10 Å². The molecule has 0 aliphatic carbocycles. The molecule has 0 spiro atoms. The van der Waals surface area contributed by atoms with Crippen LogP contribution in [-0.2, 0) is 0 Å². The Kier molecular flexibility index (Phi) is 8.08. The van der Waals surface area contributed by atoms with Crippen LogP contribution >= 0.6 is 0 Å². The summed E-state index contributed by atoms with van der Waals surface area (Å²) in [6.45, 7) is 9.71. The maximum absolute atomic E-state index is 9.13. The maximum atomic E-state index is 9.13. The smallest absolute Gasteiger partial charge is 0.0895 e.